The Hall–Kier alpha value is -0.420. The van der Waals surface area contributed by atoms with E-state index in [-0.39, 0.29) is 10.3 Å². The third-order valence-electron chi connectivity index (χ3n) is 2.81. The molecule has 0 radical (unpaired) electrons. The molecular formula is C13H17BrF4N2O2S. The molecular weight excluding hydrogens is 404 g/mol. The smallest absolute Gasteiger partial charge is 0.414 e. The highest BCUT2D eigenvalue weighted by Gasteiger charge is 2.42. The van der Waals surface area contributed by atoms with Crippen LogP contribution in [0.1, 0.15) is 38.9 Å². The summed E-state index contributed by atoms with van der Waals surface area (Å²) >= 11 is 1.23. The molecule has 132 valence electrons. The number of pyridine rings is 1. The Bertz CT molecular complexity index is 518. The van der Waals surface area contributed by atoms with Gasteiger partial charge in [0, 0.05) is 17.8 Å². The fraction of sp³-hybridized carbons (Fsp3) is 0.615. The molecule has 0 aliphatic carbocycles. The molecule has 0 saturated heterocycles. The molecule has 1 heterocycles. The fourth-order valence-corrected chi connectivity index (χ4v) is 2.70. The fourth-order valence-electron chi connectivity index (χ4n) is 1.56. The van der Waals surface area contributed by atoms with Gasteiger partial charge >= 0.3 is 6.18 Å². The lowest BCUT2D eigenvalue weighted by molar-refractivity contribution is -0.207. The Kier molecular flexibility index (Phi) is 6.85. The molecule has 0 bridgehead atoms. The molecule has 4 nitrogen and oxygen atoms in total. The van der Waals surface area contributed by atoms with Crippen LogP contribution in [0.15, 0.2) is 16.7 Å². The Morgan fingerprint density at radius 2 is 1.91 bits per heavy atom. The van der Waals surface area contributed by atoms with E-state index < -0.39 is 46.7 Å². The molecule has 0 spiro atoms. The van der Waals surface area contributed by atoms with Gasteiger partial charge in [-0.2, -0.15) is 13.2 Å². The molecule has 2 N–H and O–H groups in total. The van der Waals surface area contributed by atoms with Crippen LogP contribution in [-0.4, -0.2) is 31.7 Å². The van der Waals surface area contributed by atoms with Gasteiger partial charge in [0.1, 0.15) is 21.2 Å². The highest BCUT2D eigenvalue weighted by atomic mass is 79.9. The number of rotatable bonds is 5. The molecule has 0 aliphatic heterocycles. The molecule has 1 rings (SSSR count). The number of aliphatic hydroxyl groups excluding tert-OH is 1. The molecule has 0 amide bonds. The summed E-state index contributed by atoms with van der Waals surface area (Å²) in [6.45, 7) is 4.83. The van der Waals surface area contributed by atoms with E-state index in [9.17, 15) is 27.2 Å². The van der Waals surface area contributed by atoms with Crippen molar-refractivity contribution in [3.8, 4) is 0 Å². The van der Waals surface area contributed by atoms with Gasteiger partial charge in [-0.3, -0.25) is 0 Å². The predicted molar refractivity (Wildman–Crippen MR) is 82.3 cm³/mol. The standard InChI is InChI=1S/C13H17BrF4N2O2S/c1-12(2,3)23(22)20-8(6-9(21)13(16,17)18)11-7(15)4-5-10(14)19-11/h4-5,8-9,20-21H,6H2,1-3H3/t8-,9-,23?/m1/s1. The Labute approximate surface area is 143 Å². The number of nitrogens with zero attached hydrogens (tertiary/aromatic N) is 1. The molecule has 1 aromatic rings. The molecule has 1 aromatic heterocycles. The van der Waals surface area contributed by atoms with Gasteiger partial charge in [0.25, 0.3) is 0 Å². The zero-order chi connectivity index (χ0) is 18.0. The third kappa shape index (κ3) is 6.18. The lowest BCUT2D eigenvalue weighted by Gasteiger charge is -2.29. The summed E-state index contributed by atoms with van der Waals surface area (Å²) in [6.07, 6.45) is -8.48. The SMILES string of the molecule is CC(C)(C)[S+]([O-])N[C@H](C[C@@H](O)C(F)(F)F)c1nc(Br)ccc1F. The van der Waals surface area contributed by atoms with E-state index >= 15 is 0 Å². The number of hydrogen-bond donors (Lipinski definition) is 2. The van der Waals surface area contributed by atoms with Crippen LogP contribution < -0.4 is 4.72 Å². The largest absolute Gasteiger partial charge is 0.598 e. The van der Waals surface area contributed by atoms with Crippen LogP contribution in [0, 0.1) is 5.82 Å². The molecule has 0 aliphatic rings. The lowest BCUT2D eigenvalue weighted by Crippen LogP contribution is -2.44. The maximum Gasteiger partial charge on any atom is 0.414 e. The van der Waals surface area contributed by atoms with Crippen LogP contribution in [0.5, 0.6) is 0 Å². The topological polar surface area (TPSA) is 68.2 Å². The molecule has 0 fully saturated rings. The summed E-state index contributed by atoms with van der Waals surface area (Å²) in [5.41, 5.74) is -0.347. The summed E-state index contributed by atoms with van der Waals surface area (Å²) in [4.78, 5) is 3.81. The normalized spacial score (nSPS) is 17.0. The minimum absolute atomic E-state index is 0.212. The summed E-state index contributed by atoms with van der Waals surface area (Å²) in [5.74, 6) is -0.856. The summed E-state index contributed by atoms with van der Waals surface area (Å²) in [5, 5.41) is 9.27. The monoisotopic (exact) mass is 420 g/mol. The minimum atomic E-state index is -4.87. The predicted octanol–water partition coefficient (Wildman–Crippen LogP) is 3.39. The number of alkyl halides is 3. The van der Waals surface area contributed by atoms with Crippen molar-refractivity contribution in [1.82, 2.24) is 9.71 Å². The van der Waals surface area contributed by atoms with Crippen molar-refractivity contribution < 1.29 is 27.2 Å². The van der Waals surface area contributed by atoms with E-state index in [0.29, 0.717) is 0 Å². The number of aliphatic hydroxyl groups is 1. The van der Waals surface area contributed by atoms with Gasteiger partial charge in [-0.1, -0.05) is 0 Å². The van der Waals surface area contributed by atoms with E-state index in [1.807, 2.05) is 0 Å². The van der Waals surface area contributed by atoms with Gasteiger partial charge in [-0.15, -0.1) is 4.72 Å². The van der Waals surface area contributed by atoms with Crippen LogP contribution >= 0.6 is 15.9 Å². The maximum atomic E-state index is 13.9. The van der Waals surface area contributed by atoms with Gasteiger partial charge in [0.2, 0.25) is 0 Å². The van der Waals surface area contributed by atoms with Crippen LogP contribution in [0.2, 0.25) is 0 Å². The van der Waals surface area contributed by atoms with Gasteiger partial charge in [-0.05, 0) is 48.8 Å². The number of hydrogen-bond acceptors (Lipinski definition) is 4. The Balaban J connectivity index is 3.13. The van der Waals surface area contributed by atoms with Crippen LogP contribution in [0.3, 0.4) is 0 Å². The molecule has 0 aromatic carbocycles. The third-order valence-corrected chi connectivity index (χ3v) is 4.86. The second-order valence-electron chi connectivity index (χ2n) is 5.85. The van der Waals surface area contributed by atoms with Crippen LogP contribution in [-0.2, 0) is 11.4 Å². The van der Waals surface area contributed by atoms with Gasteiger partial charge in [0.15, 0.2) is 6.10 Å². The Morgan fingerprint density at radius 1 is 1.35 bits per heavy atom. The van der Waals surface area contributed by atoms with Crippen molar-refractivity contribution in [2.75, 3.05) is 0 Å². The van der Waals surface area contributed by atoms with E-state index in [0.717, 1.165) is 6.07 Å². The van der Waals surface area contributed by atoms with Gasteiger partial charge in [0.05, 0.1) is 5.69 Å². The average molecular weight is 421 g/mol. The highest BCUT2D eigenvalue weighted by Crippen LogP contribution is 2.30. The summed E-state index contributed by atoms with van der Waals surface area (Å²) in [7, 11) is 0. The van der Waals surface area contributed by atoms with Crippen molar-refractivity contribution in [2.45, 2.75) is 50.3 Å². The first kappa shape index (κ1) is 20.6. The van der Waals surface area contributed by atoms with Crippen molar-refractivity contribution in [1.29, 1.82) is 0 Å². The van der Waals surface area contributed by atoms with Crippen molar-refractivity contribution in [3.05, 3.63) is 28.2 Å². The zero-order valence-electron chi connectivity index (χ0n) is 12.6. The molecule has 1 unspecified atom stereocenters. The van der Waals surface area contributed by atoms with Gasteiger partial charge in [-0.25, -0.2) is 9.37 Å². The van der Waals surface area contributed by atoms with Gasteiger partial charge < -0.3 is 9.66 Å². The minimum Gasteiger partial charge on any atom is -0.598 e. The van der Waals surface area contributed by atoms with E-state index in [2.05, 4.69) is 25.6 Å². The molecule has 23 heavy (non-hydrogen) atoms. The lowest BCUT2D eigenvalue weighted by atomic mass is 10.1. The van der Waals surface area contributed by atoms with Crippen LogP contribution in [0.4, 0.5) is 17.6 Å². The van der Waals surface area contributed by atoms with Crippen LogP contribution in [0.25, 0.3) is 0 Å². The summed E-state index contributed by atoms with van der Waals surface area (Å²) in [6, 6.07) is 0.946. The van der Waals surface area contributed by atoms with E-state index in [4.69, 9.17) is 0 Å². The number of aromatic nitrogens is 1. The molecule has 10 heteroatoms. The average Bonchev–Trinajstić information content (AvgIpc) is 2.38. The van der Waals surface area contributed by atoms with Crippen molar-refractivity contribution in [2.24, 2.45) is 0 Å². The number of halogens is 5. The van der Waals surface area contributed by atoms with Crippen molar-refractivity contribution in [3.63, 3.8) is 0 Å². The Morgan fingerprint density at radius 3 is 2.39 bits per heavy atom. The second-order valence-corrected chi connectivity index (χ2v) is 8.66. The second kappa shape index (κ2) is 7.64. The first-order valence-corrected chi connectivity index (χ1v) is 8.51. The maximum absolute atomic E-state index is 13.9. The zero-order valence-corrected chi connectivity index (χ0v) is 15.0. The number of nitrogens with one attached hydrogen (secondary N) is 1. The first-order chi connectivity index (χ1) is 10.3. The van der Waals surface area contributed by atoms with E-state index in [1.54, 1.807) is 20.8 Å². The first-order valence-electron chi connectivity index (χ1n) is 6.57. The molecule has 3 atom stereocenters. The summed E-state index contributed by atoms with van der Waals surface area (Å²) < 4.78 is 65.7. The highest BCUT2D eigenvalue weighted by molar-refractivity contribution is 9.10. The van der Waals surface area contributed by atoms with E-state index in [1.165, 1.54) is 6.07 Å². The van der Waals surface area contributed by atoms with Crippen molar-refractivity contribution >= 4 is 27.3 Å². The quantitative estimate of drug-likeness (QED) is 0.435. The molecule has 0 saturated carbocycles.